The molecule has 0 aliphatic heterocycles. The summed E-state index contributed by atoms with van der Waals surface area (Å²) in [4.78, 5) is 4.26. The minimum Gasteiger partial charge on any atom is -0.473 e. The predicted molar refractivity (Wildman–Crippen MR) is 57.4 cm³/mol. The molecule has 0 aliphatic carbocycles. The number of aromatic nitrogens is 1. The molecule has 3 heteroatoms. The zero-order chi connectivity index (χ0) is 10.4. The van der Waals surface area contributed by atoms with Gasteiger partial charge in [-0.3, -0.25) is 0 Å². The molecule has 3 nitrogen and oxygen atoms in total. The molecular formula is C11H16N2O. The molecule has 0 aliphatic rings. The van der Waals surface area contributed by atoms with Gasteiger partial charge in [0.25, 0.3) is 0 Å². The molecule has 1 aromatic rings. The fourth-order valence-corrected chi connectivity index (χ4v) is 1.23. The largest absolute Gasteiger partial charge is 0.473 e. The summed E-state index contributed by atoms with van der Waals surface area (Å²) in [5, 5.41) is 3.09. The molecular weight excluding hydrogens is 176 g/mol. The van der Waals surface area contributed by atoms with Gasteiger partial charge in [0.05, 0.1) is 0 Å². The Bertz CT molecular complexity index is 310. The number of hydrogen-bond acceptors (Lipinski definition) is 3. The second-order valence-electron chi connectivity index (χ2n) is 3.09. The predicted octanol–water partition coefficient (Wildman–Crippen LogP) is 1.67. The quantitative estimate of drug-likeness (QED) is 0.721. The fourth-order valence-electron chi connectivity index (χ4n) is 1.23. The van der Waals surface area contributed by atoms with Gasteiger partial charge in [-0.05, 0) is 25.6 Å². The molecule has 0 fully saturated rings. The first-order chi connectivity index (χ1) is 6.76. The first kappa shape index (κ1) is 10.7. The van der Waals surface area contributed by atoms with Crippen LogP contribution in [-0.2, 0) is 6.54 Å². The van der Waals surface area contributed by atoms with E-state index in [9.17, 15) is 0 Å². The third-order valence-corrected chi connectivity index (χ3v) is 1.72. The Morgan fingerprint density at radius 3 is 3.00 bits per heavy atom. The Labute approximate surface area is 84.8 Å². The van der Waals surface area contributed by atoms with Gasteiger partial charge in [0.15, 0.2) is 0 Å². The molecule has 0 saturated heterocycles. The van der Waals surface area contributed by atoms with E-state index in [1.807, 2.05) is 26.1 Å². The van der Waals surface area contributed by atoms with Crippen LogP contribution in [0.1, 0.15) is 11.3 Å². The van der Waals surface area contributed by atoms with Gasteiger partial charge in [0.1, 0.15) is 6.61 Å². The average molecular weight is 192 g/mol. The number of hydrogen-bond donors (Lipinski definition) is 1. The van der Waals surface area contributed by atoms with Crippen LogP contribution >= 0.6 is 0 Å². The van der Waals surface area contributed by atoms with Crippen LogP contribution in [0, 0.1) is 6.92 Å². The van der Waals surface area contributed by atoms with E-state index in [1.165, 1.54) is 5.56 Å². The Morgan fingerprint density at radius 1 is 1.57 bits per heavy atom. The normalized spacial score (nSPS) is 9.86. The maximum Gasteiger partial charge on any atom is 0.214 e. The summed E-state index contributed by atoms with van der Waals surface area (Å²) >= 11 is 0. The molecule has 76 valence electrons. The maximum atomic E-state index is 5.37. The summed E-state index contributed by atoms with van der Waals surface area (Å²) in [5.74, 6) is 0.662. The van der Waals surface area contributed by atoms with Crippen LogP contribution in [-0.4, -0.2) is 18.6 Å². The minimum atomic E-state index is 0.495. The Hall–Kier alpha value is -1.35. The third kappa shape index (κ3) is 3.18. The maximum absolute atomic E-state index is 5.37. The fraction of sp³-hybridized carbons (Fsp3) is 0.364. The van der Waals surface area contributed by atoms with Gasteiger partial charge >= 0.3 is 0 Å². The van der Waals surface area contributed by atoms with E-state index in [-0.39, 0.29) is 0 Å². The van der Waals surface area contributed by atoms with Crippen LogP contribution in [0.5, 0.6) is 5.88 Å². The molecule has 0 aromatic carbocycles. The molecule has 1 heterocycles. The first-order valence-electron chi connectivity index (χ1n) is 4.62. The van der Waals surface area contributed by atoms with Gasteiger partial charge in [-0.15, -0.1) is 0 Å². The Balaban J connectivity index is 2.77. The number of aryl methyl sites for hydroxylation is 1. The number of nitrogens with one attached hydrogen (secondary N) is 1. The summed E-state index contributed by atoms with van der Waals surface area (Å²) in [7, 11) is 1.92. The summed E-state index contributed by atoms with van der Waals surface area (Å²) in [6.07, 6.45) is 1.71. The van der Waals surface area contributed by atoms with Crippen LogP contribution < -0.4 is 10.1 Å². The van der Waals surface area contributed by atoms with Crippen LogP contribution in [0.4, 0.5) is 0 Å². The molecule has 0 unspecified atom stereocenters. The highest BCUT2D eigenvalue weighted by Gasteiger charge is 1.99. The number of rotatable bonds is 5. The van der Waals surface area contributed by atoms with Gasteiger partial charge < -0.3 is 10.1 Å². The van der Waals surface area contributed by atoms with E-state index in [2.05, 4.69) is 16.9 Å². The van der Waals surface area contributed by atoms with Crippen LogP contribution in [0.15, 0.2) is 24.8 Å². The van der Waals surface area contributed by atoms with E-state index >= 15 is 0 Å². The monoisotopic (exact) mass is 192 g/mol. The minimum absolute atomic E-state index is 0.495. The molecule has 0 saturated carbocycles. The topological polar surface area (TPSA) is 34.1 Å². The van der Waals surface area contributed by atoms with Crippen molar-refractivity contribution in [2.45, 2.75) is 13.5 Å². The molecule has 0 amide bonds. The van der Waals surface area contributed by atoms with Crippen LogP contribution in [0.3, 0.4) is 0 Å². The summed E-state index contributed by atoms with van der Waals surface area (Å²) in [6.45, 7) is 6.87. The van der Waals surface area contributed by atoms with Crippen molar-refractivity contribution in [1.82, 2.24) is 10.3 Å². The lowest BCUT2D eigenvalue weighted by atomic mass is 10.2. The molecule has 1 rings (SSSR count). The Morgan fingerprint density at radius 2 is 2.36 bits per heavy atom. The van der Waals surface area contributed by atoms with Gasteiger partial charge in [-0.25, -0.2) is 4.98 Å². The summed E-state index contributed by atoms with van der Waals surface area (Å²) in [6, 6.07) is 3.98. The van der Waals surface area contributed by atoms with Gasteiger partial charge in [-0.2, -0.15) is 0 Å². The van der Waals surface area contributed by atoms with E-state index in [0.717, 1.165) is 12.2 Å². The Kier molecular flexibility index (Phi) is 4.13. The van der Waals surface area contributed by atoms with Crippen molar-refractivity contribution in [1.29, 1.82) is 0 Å². The summed E-state index contributed by atoms with van der Waals surface area (Å²) in [5.41, 5.74) is 2.15. The van der Waals surface area contributed by atoms with Crippen LogP contribution in [0.2, 0.25) is 0 Å². The van der Waals surface area contributed by atoms with Crippen molar-refractivity contribution in [3.8, 4) is 5.88 Å². The molecule has 1 aromatic heterocycles. The van der Waals surface area contributed by atoms with E-state index in [0.29, 0.717) is 12.5 Å². The van der Waals surface area contributed by atoms with Crippen molar-refractivity contribution >= 4 is 0 Å². The second kappa shape index (κ2) is 5.40. The lowest BCUT2D eigenvalue weighted by Gasteiger charge is -2.06. The smallest absolute Gasteiger partial charge is 0.214 e. The number of nitrogens with zero attached hydrogens (tertiary/aromatic N) is 1. The van der Waals surface area contributed by atoms with E-state index < -0.39 is 0 Å². The van der Waals surface area contributed by atoms with E-state index in [1.54, 1.807) is 6.08 Å². The van der Waals surface area contributed by atoms with Crippen molar-refractivity contribution in [2.75, 3.05) is 13.7 Å². The highest BCUT2D eigenvalue weighted by molar-refractivity contribution is 5.24. The van der Waals surface area contributed by atoms with Crippen molar-refractivity contribution in [2.24, 2.45) is 0 Å². The molecule has 0 spiro atoms. The van der Waals surface area contributed by atoms with Crippen molar-refractivity contribution < 1.29 is 4.74 Å². The SMILES string of the molecule is C=CCOc1cc(CNC)cc(C)n1. The molecule has 0 atom stereocenters. The number of ether oxygens (including phenoxy) is 1. The first-order valence-corrected chi connectivity index (χ1v) is 4.62. The molecule has 0 radical (unpaired) electrons. The lowest BCUT2D eigenvalue weighted by Crippen LogP contribution is -2.06. The van der Waals surface area contributed by atoms with Gasteiger partial charge in [-0.1, -0.05) is 12.7 Å². The highest BCUT2D eigenvalue weighted by Crippen LogP contribution is 2.12. The second-order valence-corrected chi connectivity index (χ2v) is 3.09. The van der Waals surface area contributed by atoms with Crippen molar-refractivity contribution in [3.63, 3.8) is 0 Å². The standard InChI is InChI=1S/C11H16N2O/c1-4-5-14-11-7-10(8-12-3)6-9(2)13-11/h4,6-7,12H,1,5,8H2,2-3H3. The zero-order valence-electron chi connectivity index (χ0n) is 8.71. The van der Waals surface area contributed by atoms with Crippen molar-refractivity contribution in [3.05, 3.63) is 36.0 Å². The molecule has 1 N–H and O–H groups in total. The summed E-state index contributed by atoms with van der Waals surface area (Å²) < 4.78 is 5.37. The molecule has 14 heavy (non-hydrogen) atoms. The zero-order valence-corrected chi connectivity index (χ0v) is 8.71. The van der Waals surface area contributed by atoms with E-state index in [4.69, 9.17) is 4.74 Å². The highest BCUT2D eigenvalue weighted by atomic mass is 16.5. The van der Waals surface area contributed by atoms with Gasteiger partial charge in [0.2, 0.25) is 5.88 Å². The lowest BCUT2D eigenvalue weighted by molar-refractivity contribution is 0.347. The number of pyridine rings is 1. The molecule has 0 bridgehead atoms. The van der Waals surface area contributed by atoms with Crippen LogP contribution in [0.25, 0.3) is 0 Å². The average Bonchev–Trinajstić information content (AvgIpc) is 2.14. The third-order valence-electron chi connectivity index (χ3n) is 1.72. The van der Waals surface area contributed by atoms with Gasteiger partial charge in [0, 0.05) is 18.3 Å².